The van der Waals surface area contributed by atoms with E-state index in [0.717, 1.165) is 18.7 Å². The highest BCUT2D eigenvalue weighted by Crippen LogP contribution is 2.08. The molecule has 0 aliphatic carbocycles. The molecule has 146 valence electrons. The Kier molecular flexibility index (Phi) is 7.40. The maximum atomic E-state index is 12.0. The van der Waals surface area contributed by atoms with E-state index in [2.05, 4.69) is 38.2 Å². The summed E-state index contributed by atoms with van der Waals surface area (Å²) in [5.74, 6) is 0.563. The highest BCUT2D eigenvalue weighted by Gasteiger charge is 2.13. The minimum Gasteiger partial charge on any atom is -0.357 e. The van der Waals surface area contributed by atoms with E-state index in [0.29, 0.717) is 12.5 Å². The lowest BCUT2D eigenvalue weighted by molar-refractivity contribution is -0.121. The fraction of sp³-hybridized carbons (Fsp3) is 0.450. The first-order valence-corrected chi connectivity index (χ1v) is 9.24. The van der Waals surface area contributed by atoms with Crippen LogP contribution in [-0.4, -0.2) is 40.3 Å². The number of rotatable bonds is 7. The van der Waals surface area contributed by atoms with Gasteiger partial charge >= 0.3 is 0 Å². The van der Waals surface area contributed by atoms with Crippen LogP contribution in [0.4, 0.5) is 0 Å². The van der Waals surface area contributed by atoms with Crippen LogP contribution in [0, 0.1) is 0 Å². The first-order chi connectivity index (χ1) is 12.9. The number of aromatic nitrogens is 2. The Bertz CT molecular complexity index is 746. The second-order valence-electron chi connectivity index (χ2n) is 7.37. The van der Waals surface area contributed by atoms with E-state index < -0.39 is 0 Å². The Hall–Kier alpha value is -2.83. The molecule has 0 radical (unpaired) electrons. The molecule has 0 aliphatic heterocycles. The van der Waals surface area contributed by atoms with E-state index in [4.69, 9.17) is 0 Å². The molecule has 7 nitrogen and oxygen atoms in total. The largest absolute Gasteiger partial charge is 0.357 e. The normalized spacial score (nSPS) is 11.9. The molecular weight excluding hydrogens is 340 g/mol. The Morgan fingerprint density at radius 1 is 1.19 bits per heavy atom. The molecule has 1 aromatic heterocycles. The summed E-state index contributed by atoms with van der Waals surface area (Å²) in [6.07, 6.45) is 3.72. The SMILES string of the molecule is CCNC(=NCc1cccc(Cn2cccn2)c1)NCC(=O)NC(C)(C)C. The first kappa shape index (κ1) is 20.5. The fourth-order valence-electron chi connectivity index (χ4n) is 2.55. The van der Waals surface area contributed by atoms with Gasteiger partial charge in [-0.05, 0) is 44.9 Å². The Labute approximate surface area is 161 Å². The first-order valence-electron chi connectivity index (χ1n) is 9.24. The van der Waals surface area contributed by atoms with Gasteiger partial charge in [-0.15, -0.1) is 0 Å². The molecule has 0 fully saturated rings. The van der Waals surface area contributed by atoms with Crippen molar-refractivity contribution in [2.75, 3.05) is 13.1 Å². The third-order valence-electron chi connectivity index (χ3n) is 3.59. The van der Waals surface area contributed by atoms with Gasteiger partial charge in [-0.3, -0.25) is 9.48 Å². The highest BCUT2D eigenvalue weighted by molar-refractivity contribution is 5.86. The highest BCUT2D eigenvalue weighted by atomic mass is 16.2. The van der Waals surface area contributed by atoms with Gasteiger partial charge in [0, 0.05) is 24.5 Å². The van der Waals surface area contributed by atoms with E-state index in [1.807, 2.05) is 56.8 Å². The molecule has 0 atom stereocenters. The molecule has 0 spiro atoms. The summed E-state index contributed by atoms with van der Waals surface area (Å²) in [7, 11) is 0. The molecule has 0 aliphatic rings. The van der Waals surface area contributed by atoms with Crippen LogP contribution >= 0.6 is 0 Å². The minimum absolute atomic E-state index is 0.0608. The van der Waals surface area contributed by atoms with Crippen molar-refractivity contribution < 1.29 is 4.79 Å². The summed E-state index contributed by atoms with van der Waals surface area (Å²) in [5.41, 5.74) is 2.04. The van der Waals surface area contributed by atoms with Crippen molar-refractivity contribution in [3.63, 3.8) is 0 Å². The van der Waals surface area contributed by atoms with Gasteiger partial charge < -0.3 is 16.0 Å². The number of guanidine groups is 1. The zero-order chi connectivity index (χ0) is 19.7. The summed E-state index contributed by atoms with van der Waals surface area (Å²) >= 11 is 0. The number of hydrogen-bond donors (Lipinski definition) is 3. The molecule has 3 N–H and O–H groups in total. The van der Waals surface area contributed by atoms with Crippen molar-refractivity contribution in [1.82, 2.24) is 25.7 Å². The topological polar surface area (TPSA) is 83.3 Å². The van der Waals surface area contributed by atoms with Crippen molar-refractivity contribution >= 4 is 11.9 Å². The minimum atomic E-state index is -0.247. The molecule has 1 heterocycles. The van der Waals surface area contributed by atoms with Gasteiger partial charge in [0.15, 0.2) is 5.96 Å². The molecule has 0 unspecified atom stereocenters. The lowest BCUT2D eigenvalue weighted by Crippen LogP contribution is -2.48. The number of carbonyl (C=O) groups is 1. The van der Waals surface area contributed by atoms with Crippen LogP contribution in [0.15, 0.2) is 47.7 Å². The molecular formula is C20H30N6O. The number of amides is 1. The van der Waals surface area contributed by atoms with Crippen LogP contribution in [0.1, 0.15) is 38.8 Å². The van der Waals surface area contributed by atoms with Gasteiger partial charge in [0.25, 0.3) is 0 Å². The van der Waals surface area contributed by atoms with E-state index >= 15 is 0 Å². The van der Waals surface area contributed by atoms with Gasteiger partial charge in [0.2, 0.25) is 5.91 Å². The number of hydrogen-bond acceptors (Lipinski definition) is 3. The molecule has 27 heavy (non-hydrogen) atoms. The fourth-order valence-corrected chi connectivity index (χ4v) is 2.55. The number of carbonyl (C=O) groups excluding carboxylic acids is 1. The quantitative estimate of drug-likeness (QED) is 0.513. The van der Waals surface area contributed by atoms with Gasteiger partial charge in [-0.2, -0.15) is 5.10 Å². The van der Waals surface area contributed by atoms with E-state index in [9.17, 15) is 4.79 Å². The summed E-state index contributed by atoms with van der Waals surface area (Å²) in [6.45, 7) is 10.0. The molecule has 0 saturated heterocycles. The monoisotopic (exact) mass is 370 g/mol. The van der Waals surface area contributed by atoms with Gasteiger partial charge in [0.1, 0.15) is 0 Å². The van der Waals surface area contributed by atoms with Crippen LogP contribution in [-0.2, 0) is 17.9 Å². The standard InChI is InChI=1S/C20H30N6O/c1-5-21-19(23-14-18(27)25-20(2,3)4)22-13-16-8-6-9-17(12-16)15-26-11-7-10-24-26/h6-12H,5,13-15H2,1-4H3,(H,25,27)(H2,21,22,23). The third kappa shape index (κ3) is 7.94. The third-order valence-corrected chi connectivity index (χ3v) is 3.59. The maximum Gasteiger partial charge on any atom is 0.239 e. The molecule has 1 amide bonds. The van der Waals surface area contributed by atoms with Gasteiger partial charge in [0.05, 0.1) is 19.6 Å². The smallest absolute Gasteiger partial charge is 0.239 e. The number of nitrogens with one attached hydrogen (secondary N) is 3. The average molecular weight is 371 g/mol. The molecule has 0 bridgehead atoms. The lowest BCUT2D eigenvalue weighted by atomic mass is 10.1. The Morgan fingerprint density at radius 2 is 1.96 bits per heavy atom. The number of aliphatic imine (C=N–C) groups is 1. The van der Waals surface area contributed by atoms with Gasteiger partial charge in [-0.1, -0.05) is 24.3 Å². The summed E-state index contributed by atoms with van der Waals surface area (Å²) in [4.78, 5) is 16.6. The molecule has 1 aromatic carbocycles. The second-order valence-corrected chi connectivity index (χ2v) is 7.37. The summed E-state index contributed by atoms with van der Waals surface area (Å²) in [5, 5.41) is 13.4. The van der Waals surface area contributed by atoms with Crippen LogP contribution in [0.5, 0.6) is 0 Å². The van der Waals surface area contributed by atoms with E-state index in [1.165, 1.54) is 5.56 Å². The van der Waals surface area contributed by atoms with Crippen molar-refractivity contribution in [2.24, 2.45) is 4.99 Å². The van der Waals surface area contributed by atoms with Crippen molar-refractivity contribution in [3.05, 3.63) is 53.9 Å². The second kappa shape index (κ2) is 9.75. The van der Waals surface area contributed by atoms with Crippen LogP contribution < -0.4 is 16.0 Å². The number of nitrogens with zero attached hydrogens (tertiary/aromatic N) is 3. The molecule has 2 rings (SSSR count). The van der Waals surface area contributed by atoms with E-state index in [-0.39, 0.29) is 18.0 Å². The lowest BCUT2D eigenvalue weighted by Gasteiger charge is -2.21. The molecule has 0 saturated carbocycles. The van der Waals surface area contributed by atoms with Crippen molar-refractivity contribution in [1.29, 1.82) is 0 Å². The number of benzene rings is 1. The average Bonchev–Trinajstić information content (AvgIpc) is 3.09. The molecule has 7 heteroatoms. The molecule has 2 aromatic rings. The van der Waals surface area contributed by atoms with Crippen LogP contribution in [0.3, 0.4) is 0 Å². The summed E-state index contributed by atoms with van der Waals surface area (Å²) in [6, 6.07) is 10.2. The predicted molar refractivity (Wildman–Crippen MR) is 108 cm³/mol. The predicted octanol–water partition coefficient (Wildman–Crippen LogP) is 1.90. The maximum absolute atomic E-state index is 12.0. The van der Waals surface area contributed by atoms with Crippen molar-refractivity contribution in [2.45, 2.75) is 46.3 Å². The summed E-state index contributed by atoms with van der Waals surface area (Å²) < 4.78 is 1.89. The van der Waals surface area contributed by atoms with E-state index in [1.54, 1.807) is 6.20 Å². The Morgan fingerprint density at radius 3 is 2.63 bits per heavy atom. The zero-order valence-corrected chi connectivity index (χ0v) is 16.6. The van der Waals surface area contributed by atoms with Crippen LogP contribution in [0.25, 0.3) is 0 Å². The van der Waals surface area contributed by atoms with Crippen LogP contribution in [0.2, 0.25) is 0 Å². The zero-order valence-electron chi connectivity index (χ0n) is 16.6. The van der Waals surface area contributed by atoms with Crippen molar-refractivity contribution in [3.8, 4) is 0 Å². The van der Waals surface area contributed by atoms with Gasteiger partial charge in [-0.25, -0.2) is 4.99 Å². The Balaban J connectivity index is 1.94.